The molecular weight excluding hydrogens is 303 g/mol. The summed E-state index contributed by atoms with van der Waals surface area (Å²) >= 11 is 0. The average Bonchev–Trinajstić information content (AvgIpc) is 2.52. The minimum atomic E-state index is -1.25. The Morgan fingerprint density at radius 3 is 2.52 bits per heavy atom. The fourth-order valence-corrected chi connectivity index (χ4v) is 1.82. The molecule has 0 aliphatic heterocycles. The highest BCUT2D eigenvalue weighted by molar-refractivity contribution is 5.96. The number of hydrogen-bond acceptors (Lipinski definition) is 5. The summed E-state index contributed by atoms with van der Waals surface area (Å²) in [5.41, 5.74) is 12.2. The summed E-state index contributed by atoms with van der Waals surface area (Å²) in [7, 11) is 0. The van der Waals surface area contributed by atoms with E-state index in [-0.39, 0.29) is 23.4 Å². The topological polar surface area (TPSA) is 142 Å². The van der Waals surface area contributed by atoms with E-state index in [2.05, 4.69) is 5.32 Å². The second-order valence-corrected chi connectivity index (χ2v) is 4.82. The van der Waals surface area contributed by atoms with Gasteiger partial charge in [-0.1, -0.05) is 6.92 Å². The normalized spacial score (nSPS) is 13.0. The fraction of sp³-hybridized carbons (Fsp3) is 0.267. The van der Waals surface area contributed by atoms with Crippen LogP contribution in [-0.2, 0) is 4.79 Å². The predicted molar refractivity (Wildman–Crippen MR) is 84.5 cm³/mol. The second-order valence-electron chi connectivity index (χ2n) is 4.82. The first-order valence-electron chi connectivity index (χ1n) is 6.86. The molecule has 1 aromatic rings. The van der Waals surface area contributed by atoms with Crippen molar-refractivity contribution in [2.24, 2.45) is 11.5 Å². The first-order valence-corrected chi connectivity index (χ1v) is 6.86. The summed E-state index contributed by atoms with van der Waals surface area (Å²) < 4.78 is 13.7. The second kappa shape index (κ2) is 8.04. The smallest absolute Gasteiger partial charge is 0.322 e. The fourth-order valence-electron chi connectivity index (χ4n) is 1.82. The van der Waals surface area contributed by atoms with Crippen molar-refractivity contribution in [3.8, 4) is 0 Å². The minimum Gasteiger partial charge on any atom is -0.480 e. The summed E-state index contributed by atoms with van der Waals surface area (Å²) in [6, 6.07) is 2.29. The van der Waals surface area contributed by atoms with Crippen molar-refractivity contribution in [3.05, 3.63) is 40.7 Å². The molecule has 0 spiro atoms. The Morgan fingerprint density at radius 2 is 2.00 bits per heavy atom. The molecule has 0 aliphatic rings. The number of halogens is 1. The molecule has 1 aromatic carbocycles. The van der Waals surface area contributed by atoms with Gasteiger partial charge >= 0.3 is 5.97 Å². The summed E-state index contributed by atoms with van der Waals surface area (Å²) in [6.45, 7) is 1.51. The zero-order valence-corrected chi connectivity index (χ0v) is 12.6. The van der Waals surface area contributed by atoms with E-state index in [0.29, 0.717) is 12.0 Å². The maximum Gasteiger partial charge on any atom is 0.322 e. The Balaban J connectivity index is 3.06. The Morgan fingerprint density at radius 1 is 1.39 bits per heavy atom. The molecule has 124 valence electrons. The lowest BCUT2D eigenvalue weighted by atomic mass is 10.0. The maximum atomic E-state index is 13.7. The van der Waals surface area contributed by atoms with E-state index in [0.717, 1.165) is 18.3 Å². The van der Waals surface area contributed by atoms with E-state index in [4.69, 9.17) is 22.0 Å². The number of carboxylic acids is 1. The third-order valence-electron chi connectivity index (χ3n) is 3.17. The van der Waals surface area contributed by atoms with E-state index < -0.39 is 23.7 Å². The number of carbonyl (C=O) groups excluding carboxylic acids is 1. The lowest BCUT2D eigenvalue weighted by Crippen LogP contribution is -2.42. The Bertz CT molecular complexity index is 658. The monoisotopic (exact) mass is 322 g/mol. The van der Waals surface area contributed by atoms with E-state index in [1.807, 2.05) is 0 Å². The van der Waals surface area contributed by atoms with Crippen molar-refractivity contribution < 1.29 is 19.1 Å². The van der Waals surface area contributed by atoms with E-state index >= 15 is 0 Å². The van der Waals surface area contributed by atoms with Crippen LogP contribution in [-0.4, -0.2) is 35.8 Å². The van der Waals surface area contributed by atoms with Crippen LogP contribution in [0.5, 0.6) is 0 Å². The van der Waals surface area contributed by atoms with Gasteiger partial charge in [-0.15, -0.1) is 0 Å². The van der Waals surface area contributed by atoms with Gasteiger partial charge in [0.25, 0.3) is 5.91 Å². The molecular formula is C15H19FN4O3. The van der Waals surface area contributed by atoms with Crippen molar-refractivity contribution in [3.63, 3.8) is 0 Å². The van der Waals surface area contributed by atoms with Crippen molar-refractivity contribution >= 4 is 23.8 Å². The lowest BCUT2D eigenvalue weighted by molar-refractivity contribution is -0.138. The van der Waals surface area contributed by atoms with Crippen molar-refractivity contribution in [1.29, 1.82) is 5.41 Å². The Kier molecular flexibility index (Phi) is 6.40. The number of nitrogens with one attached hydrogen (secondary N) is 2. The molecule has 7 nitrogen and oxygen atoms in total. The molecule has 0 bridgehead atoms. The number of amides is 1. The third kappa shape index (κ3) is 4.89. The molecule has 8 heteroatoms. The van der Waals surface area contributed by atoms with Crippen molar-refractivity contribution in [2.45, 2.75) is 19.4 Å². The van der Waals surface area contributed by atoms with Gasteiger partial charge in [-0.2, -0.15) is 0 Å². The van der Waals surface area contributed by atoms with Crippen LogP contribution >= 0.6 is 0 Å². The van der Waals surface area contributed by atoms with Gasteiger partial charge in [0.05, 0.1) is 0 Å². The van der Waals surface area contributed by atoms with Crippen LogP contribution in [0.1, 0.15) is 29.3 Å². The number of carboxylic acid groups (broad SMARTS) is 1. The molecule has 0 radical (unpaired) electrons. The van der Waals surface area contributed by atoms with Crippen LogP contribution in [0.25, 0.3) is 5.70 Å². The first-order chi connectivity index (χ1) is 10.8. The highest BCUT2D eigenvalue weighted by Gasteiger charge is 2.15. The first kappa shape index (κ1) is 18.3. The molecule has 0 saturated carbocycles. The van der Waals surface area contributed by atoms with Crippen LogP contribution in [0.3, 0.4) is 0 Å². The number of carbonyl (C=O) groups is 2. The molecule has 0 aromatic heterocycles. The molecule has 0 heterocycles. The third-order valence-corrected chi connectivity index (χ3v) is 3.17. The van der Waals surface area contributed by atoms with E-state index in [1.165, 1.54) is 6.07 Å². The summed E-state index contributed by atoms with van der Waals surface area (Å²) in [5, 5.41) is 18.3. The zero-order valence-electron chi connectivity index (χ0n) is 12.6. The number of aliphatic carboxylic acids is 1. The van der Waals surface area contributed by atoms with Crippen LogP contribution in [0.15, 0.2) is 23.8 Å². The highest BCUT2D eigenvalue weighted by atomic mass is 19.1. The van der Waals surface area contributed by atoms with Crippen molar-refractivity contribution in [1.82, 2.24) is 5.32 Å². The molecule has 0 aliphatic carbocycles. The zero-order chi connectivity index (χ0) is 17.6. The van der Waals surface area contributed by atoms with Gasteiger partial charge in [-0.05, 0) is 30.2 Å². The standard InChI is InChI=1S/C15H19FN4O3/c1-2-8(6-17)13(19)9-3-10(5-11(16)4-9)14(21)20-7-12(18)15(22)23/h3-6,12,17H,2,7,18-19H2,1H3,(H,20,21)(H,22,23)/b13-8-,17-6?. The van der Waals surface area contributed by atoms with Gasteiger partial charge in [0, 0.05) is 29.6 Å². The lowest BCUT2D eigenvalue weighted by Gasteiger charge is -2.11. The molecule has 0 saturated heterocycles. The Labute approximate surface area is 132 Å². The van der Waals surface area contributed by atoms with Gasteiger partial charge < -0.3 is 27.3 Å². The van der Waals surface area contributed by atoms with E-state index in [1.54, 1.807) is 6.92 Å². The van der Waals surface area contributed by atoms with Crippen LogP contribution < -0.4 is 16.8 Å². The maximum absolute atomic E-state index is 13.7. The molecule has 1 unspecified atom stereocenters. The molecule has 23 heavy (non-hydrogen) atoms. The number of allylic oxidation sites excluding steroid dienone is 1. The molecule has 1 amide bonds. The highest BCUT2D eigenvalue weighted by Crippen LogP contribution is 2.18. The van der Waals surface area contributed by atoms with E-state index in [9.17, 15) is 14.0 Å². The molecule has 0 fully saturated rings. The average molecular weight is 322 g/mol. The van der Waals surface area contributed by atoms with Crippen LogP contribution in [0, 0.1) is 11.2 Å². The predicted octanol–water partition coefficient (Wildman–Crippen LogP) is 0.697. The van der Waals surface area contributed by atoms with Gasteiger partial charge in [0.15, 0.2) is 0 Å². The van der Waals surface area contributed by atoms with Crippen LogP contribution in [0.4, 0.5) is 4.39 Å². The largest absolute Gasteiger partial charge is 0.480 e. The number of rotatable bonds is 7. The van der Waals surface area contributed by atoms with Gasteiger partial charge in [0.2, 0.25) is 0 Å². The van der Waals surface area contributed by atoms with Crippen molar-refractivity contribution in [2.75, 3.05) is 6.54 Å². The van der Waals surface area contributed by atoms with Gasteiger partial charge in [-0.3, -0.25) is 9.59 Å². The summed E-state index contributed by atoms with van der Waals surface area (Å²) in [5.74, 6) is -2.59. The van der Waals surface area contributed by atoms with Crippen LogP contribution in [0.2, 0.25) is 0 Å². The quantitative estimate of drug-likeness (QED) is 0.470. The van der Waals surface area contributed by atoms with Gasteiger partial charge in [0.1, 0.15) is 11.9 Å². The minimum absolute atomic E-state index is 0.0130. The molecule has 1 atom stereocenters. The number of benzene rings is 1. The summed E-state index contributed by atoms with van der Waals surface area (Å²) in [6.07, 6.45) is 1.56. The summed E-state index contributed by atoms with van der Waals surface area (Å²) in [4.78, 5) is 22.6. The SMILES string of the molecule is CC/C(C=N)=C(/N)c1cc(F)cc(C(=O)NCC(N)C(=O)O)c1. The number of hydrogen-bond donors (Lipinski definition) is 5. The number of nitrogens with two attached hydrogens (primary N) is 2. The molecule has 7 N–H and O–H groups in total. The Hall–Kier alpha value is -2.74. The molecule has 1 rings (SSSR count). The van der Waals surface area contributed by atoms with Gasteiger partial charge in [-0.25, -0.2) is 4.39 Å².